The fraction of sp³-hybridized carbons (Fsp3) is 0.429. The highest BCUT2D eigenvalue weighted by Gasteiger charge is 2.31. The number of carboxylic acid groups (broad SMARTS) is 1. The van der Waals surface area contributed by atoms with Gasteiger partial charge in [-0.1, -0.05) is 0 Å². The molecule has 0 amide bonds. The number of nitro groups is 1. The predicted molar refractivity (Wildman–Crippen MR) is 76.3 cm³/mol. The second kappa shape index (κ2) is 7.16. The lowest BCUT2D eigenvalue weighted by Crippen LogP contribution is -2.24. The Hall–Kier alpha value is -2.52. The Kier molecular flexibility index (Phi) is 5.24. The Morgan fingerprint density at radius 3 is 2.52 bits per heavy atom. The van der Waals surface area contributed by atoms with E-state index in [2.05, 4.69) is 10.1 Å². The zero-order valence-electron chi connectivity index (χ0n) is 12.0. The molecule has 0 radical (unpaired) electrons. The lowest BCUT2D eigenvalue weighted by Gasteiger charge is -2.05. The monoisotopic (exact) mass is 324 g/mol. The lowest BCUT2D eigenvalue weighted by molar-refractivity contribution is -0.574. The normalized spacial score (nSPS) is 25.1. The molecule has 0 aliphatic carbocycles. The van der Waals surface area contributed by atoms with Crippen molar-refractivity contribution in [1.29, 1.82) is 0 Å². The molecule has 0 spiro atoms. The molecule has 1 saturated heterocycles. The maximum atomic E-state index is 11.1. The summed E-state index contributed by atoms with van der Waals surface area (Å²) >= 11 is 0. The second-order valence-corrected chi connectivity index (χ2v) is 5.26. The van der Waals surface area contributed by atoms with Crippen molar-refractivity contribution in [2.45, 2.75) is 31.2 Å². The molecule has 0 aromatic heterocycles. The Morgan fingerprint density at radius 1 is 1.39 bits per heavy atom. The van der Waals surface area contributed by atoms with Crippen molar-refractivity contribution < 1.29 is 29.5 Å². The van der Waals surface area contributed by atoms with Crippen molar-refractivity contribution >= 4 is 11.9 Å². The van der Waals surface area contributed by atoms with Gasteiger partial charge in [0.15, 0.2) is 0 Å². The average Bonchev–Trinajstić information content (AvgIpc) is 2.73. The number of hydrogen-bond acceptors (Lipinski definition) is 7. The molecule has 2 bridgehead atoms. The molecule has 3 unspecified atom stereocenters. The van der Waals surface area contributed by atoms with Gasteiger partial charge in [0.2, 0.25) is 0 Å². The van der Waals surface area contributed by atoms with Crippen molar-refractivity contribution in [3.8, 4) is 0 Å². The van der Waals surface area contributed by atoms with Gasteiger partial charge in [0.05, 0.1) is 28.6 Å². The number of rotatable bonds is 3. The Morgan fingerprint density at radius 2 is 2.04 bits per heavy atom. The summed E-state index contributed by atoms with van der Waals surface area (Å²) in [7, 11) is 0. The Bertz CT molecular complexity index is 602. The SMILES string of the molecule is O=C(O)CC1CC(O)CN1.O=C1OC([N+](=O)[O-])c2ccc1cc2. The van der Waals surface area contributed by atoms with Crippen LogP contribution in [0.1, 0.15) is 35.0 Å². The van der Waals surface area contributed by atoms with Crippen LogP contribution in [0.15, 0.2) is 24.3 Å². The van der Waals surface area contributed by atoms with E-state index >= 15 is 0 Å². The number of aliphatic carboxylic acids is 1. The largest absolute Gasteiger partial charge is 0.481 e. The van der Waals surface area contributed by atoms with Gasteiger partial charge in [0.25, 0.3) is 0 Å². The number of β-amino-alcohol motifs (C(OH)–C–C–N with tert-alkyl or cyclic N) is 1. The number of benzene rings is 1. The summed E-state index contributed by atoms with van der Waals surface area (Å²) < 4.78 is 4.62. The van der Waals surface area contributed by atoms with Crippen LogP contribution in [0.5, 0.6) is 0 Å². The van der Waals surface area contributed by atoms with Crippen LogP contribution in [0.2, 0.25) is 0 Å². The molecular weight excluding hydrogens is 308 g/mol. The number of nitrogens with one attached hydrogen (secondary N) is 1. The van der Waals surface area contributed by atoms with E-state index in [1.807, 2.05) is 0 Å². The van der Waals surface area contributed by atoms with Gasteiger partial charge in [0, 0.05) is 12.6 Å². The van der Waals surface area contributed by atoms with E-state index in [-0.39, 0.29) is 18.6 Å². The smallest absolute Gasteiger partial charge is 0.383 e. The molecule has 9 heteroatoms. The quantitative estimate of drug-likeness (QED) is 0.410. The van der Waals surface area contributed by atoms with E-state index in [1.54, 1.807) is 0 Å². The van der Waals surface area contributed by atoms with Crippen LogP contribution in [0.25, 0.3) is 0 Å². The number of carbonyl (C=O) groups is 2. The van der Waals surface area contributed by atoms with E-state index < -0.39 is 23.1 Å². The minimum Gasteiger partial charge on any atom is -0.481 e. The predicted octanol–water partition coefficient (Wildman–Crippen LogP) is 0.316. The first kappa shape index (κ1) is 16.8. The first-order chi connectivity index (χ1) is 10.9. The number of esters is 1. The molecule has 1 aromatic carbocycles. The number of aliphatic hydroxyl groups is 1. The average molecular weight is 324 g/mol. The van der Waals surface area contributed by atoms with Gasteiger partial charge in [-0.2, -0.15) is 0 Å². The van der Waals surface area contributed by atoms with Crippen molar-refractivity contribution in [1.82, 2.24) is 5.32 Å². The highest BCUT2D eigenvalue weighted by molar-refractivity contribution is 5.90. The number of hydrogen-bond donors (Lipinski definition) is 3. The molecule has 124 valence electrons. The fourth-order valence-electron chi connectivity index (χ4n) is 2.35. The minimum absolute atomic E-state index is 0.0347. The molecule has 3 heterocycles. The zero-order chi connectivity index (χ0) is 17.0. The van der Waals surface area contributed by atoms with Gasteiger partial charge in [0.1, 0.15) is 0 Å². The summed E-state index contributed by atoms with van der Waals surface area (Å²) in [5.41, 5.74) is 0.729. The number of carbonyl (C=O) groups excluding carboxylic acids is 1. The molecule has 23 heavy (non-hydrogen) atoms. The van der Waals surface area contributed by atoms with Gasteiger partial charge < -0.3 is 20.3 Å². The molecule has 3 atom stereocenters. The third-order valence-electron chi connectivity index (χ3n) is 3.46. The Labute approximate surface area is 131 Å². The first-order valence-electron chi connectivity index (χ1n) is 6.94. The summed E-state index contributed by atoms with van der Waals surface area (Å²) in [6.07, 6.45) is -1.05. The standard InChI is InChI=1S/C8H5NO4.C6H11NO3/c10-8-6-3-1-5(2-4-6)7(13-8)9(11)12;8-5-1-4(7-3-5)2-6(9)10/h1-4,7H;4-5,7-8H,1-3H2,(H,9,10). The first-order valence-corrected chi connectivity index (χ1v) is 6.94. The molecule has 3 N–H and O–H groups in total. The van der Waals surface area contributed by atoms with E-state index in [4.69, 9.17) is 10.2 Å². The summed E-state index contributed by atoms with van der Waals surface area (Å²) in [5, 5.41) is 30.7. The van der Waals surface area contributed by atoms with Crippen LogP contribution >= 0.6 is 0 Å². The maximum absolute atomic E-state index is 11.1. The molecule has 1 aromatic rings. The molecule has 0 saturated carbocycles. The molecule has 4 rings (SSSR count). The highest BCUT2D eigenvalue weighted by Crippen LogP contribution is 2.24. The highest BCUT2D eigenvalue weighted by atomic mass is 16.7. The number of aliphatic hydroxyl groups excluding tert-OH is 1. The maximum Gasteiger partial charge on any atom is 0.383 e. The van der Waals surface area contributed by atoms with Crippen LogP contribution in [0.3, 0.4) is 0 Å². The van der Waals surface area contributed by atoms with Gasteiger partial charge >= 0.3 is 18.2 Å². The van der Waals surface area contributed by atoms with E-state index in [0.717, 1.165) is 0 Å². The topological polar surface area (TPSA) is 139 Å². The lowest BCUT2D eigenvalue weighted by atomic mass is 10.1. The minimum atomic E-state index is -1.36. The summed E-state index contributed by atoms with van der Waals surface area (Å²) in [5.74, 6) is -1.46. The summed E-state index contributed by atoms with van der Waals surface area (Å²) in [6, 6.07) is 6.04. The van der Waals surface area contributed by atoms with Gasteiger partial charge in [-0.15, -0.1) is 0 Å². The van der Waals surface area contributed by atoms with E-state index in [1.165, 1.54) is 24.3 Å². The van der Waals surface area contributed by atoms with Crippen molar-refractivity contribution in [3.63, 3.8) is 0 Å². The molecular formula is C14H16N2O7. The van der Waals surface area contributed by atoms with Gasteiger partial charge in [-0.3, -0.25) is 14.9 Å². The molecule has 3 aliphatic heterocycles. The van der Waals surface area contributed by atoms with Crippen LogP contribution < -0.4 is 5.32 Å². The van der Waals surface area contributed by atoms with Crippen molar-refractivity contribution in [2.24, 2.45) is 0 Å². The van der Waals surface area contributed by atoms with E-state index in [9.17, 15) is 19.7 Å². The Balaban J connectivity index is 0.000000174. The number of fused-ring (bicyclic) bond motifs is 4. The zero-order valence-corrected chi connectivity index (χ0v) is 12.0. The van der Waals surface area contributed by atoms with Crippen LogP contribution in [0, 0.1) is 10.1 Å². The third-order valence-corrected chi connectivity index (χ3v) is 3.46. The van der Waals surface area contributed by atoms with Crippen LogP contribution in [0.4, 0.5) is 0 Å². The number of carboxylic acids is 1. The molecule has 1 fully saturated rings. The van der Waals surface area contributed by atoms with Gasteiger partial charge in [-0.05, 0) is 30.7 Å². The van der Waals surface area contributed by atoms with Crippen LogP contribution in [-0.4, -0.2) is 45.8 Å². The number of nitrogens with zero attached hydrogens (tertiary/aromatic N) is 1. The second-order valence-electron chi connectivity index (χ2n) is 5.26. The number of ether oxygens (including phenoxy) is 1. The summed E-state index contributed by atoms with van der Waals surface area (Å²) in [4.78, 5) is 31.1. The third kappa shape index (κ3) is 4.47. The molecule has 9 nitrogen and oxygen atoms in total. The van der Waals surface area contributed by atoms with Crippen molar-refractivity contribution in [3.05, 3.63) is 45.5 Å². The van der Waals surface area contributed by atoms with E-state index in [0.29, 0.717) is 24.1 Å². The van der Waals surface area contributed by atoms with Crippen LogP contribution in [-0.2, 0) is 9.53 Å². The molecule has 3 aliphatic rings. The van der Waals surface area contributed by atoms with Crippen molar-refractivity contribution in [2.75, 3.05) is 6.54 Å². The van der Waals surface area contributed by atoms with Gasteiger partial charge in [-0.25, -0.2) is 4.79 Å². The fourth-order valence-corrected chi connectivity index (χ4v) is 2.35. The summed E-state index contributed by atoms with van der Waals surface area (Å²) in [6.45, 7) is 0.526.